The Labute approximate surface area is 211 Å². The Balaban J connectivity index is 1.26. The maximum atomic E-state index is 12.6. The van der Waals surface area contributed by atoms with Crippen LogP contribution < -0.4 is 10.1 Å². The van der Waals surface area contributed by atoms with Crippen molar-refractivity contribution in [1.82, 2.24) is 20.1 Å². The van der Waals surface area contributed by atoms with Crippen LogP contribution in [0.15, 0.2) is 67.0 Å². The van der Waals surface area contributed by atoms with Crippen molar-refractivity contribution >= 4 is 5.82 Å². The zero-order valence-electron chi connectivity index (χ0n) is 21.0. The van der Waals surface area contributed by atoms with Gasteiger partial charge in [0.2, 0.25) is 5.88 Å². The van der Waals surface area contributed by atoms with Crippen molar-refractivity contribution < 1.29 is 13.5 Å². The number of hydrogen-bond acceptors (Lipinski definition) is 6. The van der Waals surface area contributed by atoms with Crippen molar-refractivity contribution in [2.75, 3.05) is 11.9 Å². The molecule has 8 heteroatoms. The number of likely N-dealkylation sites (tertiary alicyclic amines) is 1. The number of ether oxygens (including phenoxy) is 1. The molecule has 0 aliphatic carbocycles. The average Bonchev–Trinajstić information content (AvgIpc) is 2.86. The molecule has 1 N–H and O–H groups in total. The quantitative estimate of drug-likeness (QED) is 0.368. The predicted octanol–water partition coefficient (Wildman–Crippen LogP) is 6.49. The van der Waals surface area contributed by atoms with Crippen LogP contribution in [0.4, 0.5) is 14.6 Å². The largest absolute Gasteiger partial charge is 0.472 e. The molecule has 1 unspecified atom stereocenters. The maximum Gasteiger partial charge on any atom is 0.280 e. The first-order chi connectivity index (χ1) is 17.2. The van der Waals surface area contributed by atoms with E-state index in [9.17, 15) is 8.78 Å². The minimum atomic E-state index is -2.58. The fourth-order valence-electron chi connectivity index (χ4n) is 4.79. The normalized spacial score (nSPS) is 17.2. The lowest BCUT2D eigenvalue weighted by atomic mass is 9.78. The number of hydrogen-bond donors (Lipinski definition) is 1. The summed E-state index contributed by atoms with van der Waals surface area (Å²) in [4.78, 5) is 6.14. The van der Waals surface area contributed by atoms with Gasteiger partial charge in [0.1, 0.15) is 18.1 Å². The van der Waals surface area contributed by atoms with Crippen LogP contribution in [0.1, 0.15) is 68.3 Å². The smallest absolute Gasteiger partial charge is 0.280 e. The van der Waals surface area contributed by atoms with E-state index in [1.807, 2.05) is 0 Å². The van der Waals surface area contributed by atoms with Gasteiger partial charge in [-0.05, 0) is 62.8 Å². The second-order valence-corrected chi connectivity index (χ2v) is 9.92. The molecule has 1 saturated heterocycles. The summed E-state index contributed by atoms with van der Waals surface area (Å²) in [5.74, 6) is 1.54. The lowest BCUT2D eigenvalue weighted by Gasteiger charge is -2.47. The van der Waals surface area contributed by atoms with Gasteiger partial charge in [0.15, 0.2) is 0 Å². The van der Waals surface area contributed by atoms with Gasteiger partial charge in [-0.1, -0.05) is 36.9 Å². The van der Waals surface area contributed by atoms with E-state index in [1.165, 1.54) is 23.4 Å². The van der Waals surface area contributed by atoms with Gasteiger partial charge in [-0.2, -0.15) is 0 Å². The number of anilines is 1. The van der Waals surface area contributed by atoms with Gasteiger partial charge in [-0.3, -0.25) is 4.98 Å². The van der Waals surface area contributed by atoms with Gasteiger partial charge in [0.05, 0.1) is 0 Å². The molecular formula is C28H33F2N5O. The molecule has 1 atom stereocenters. The fraction of sp³-hybridized carbons (Fsp3) is 0.393. The van der Waals surface area contributed by atoms with Crippen molar-refractivity contribution in [3.63, 3.8) is 0 Å². The molecule has 3 heterocycles. The first kappa shape index (κ1) is 25.5. The number of allylic oxidation sites excluding steroid dienone is 1. The summed E-state index contributed by atoms with van der Waals surface area (Å²) in [5.41, 5.74) is 4.22. The Bertz CT molecular complexity index is 1150. The monoisotopic (exact) mass is 493 g/mol. The summed E-state index contributed by atoms with van der Waals surface area (Å²) in [5, 5.41) is 11.5. The van der Waals surface area contributed by atoms with Crippen LogP contribution in [0.5, 0.6) is 5.88 Å². The second kappa shape index (κ2) is 11.0. The van der Waals surface area contributed by atoms with E-state index in [2.05, 4.69) is 77.0 Å². The van der Waals surface area contributed by atoms with E-state index in [0.717, 1.165) is 25.1 Å². The van der Waals surface area contributed by atoms with E-state index in [0.29, 0.717) is 29.7 Å². The third kappa shape index (κ3) is 6.36. The Hall–Kier alpha value is -3.55. The van der Waals surface area contributed by atoms with E-state index in [1.54, 1.807) is 18.2 Å². The highest BCUT2D eigenvalue weighted by molar-refractivity contribution is 5.36. The van der Waals surface area contributed by atoms with E-state index in [4.69, 9.17) is 4.74 Å². The summed E-state index contributed by atoms with van der Waals surface area (Å²) in [6, 6.07) is 15.2. The van der Waals surface area contributed by atoms with Crippen molar-refractivity contribution in [2.24, 2.45) is 0 Å². The molecule has 1 aliphatic heterocycles. The van der Waals surface area contributed by atoms with Crippen LogP contribution >= 0.6 is 0 Å². The van der Waals surface area contributed by atoms with Gasteiger partial charge in [0.25, 0.3) is 6.43 Å². The highest BCUT2D eigenvalue weighted by atomic mass is 19.3. The summed E-state index contributed by atoms with van der Waals surface area (Å²) < 4.78 is 30.8. The molecule has 190 valence electrons. The Kier molecular flexibility index (Phi) is 7.82. The molecular weight excluding hydrogens is 460 g/mol. The highest BCUT2D eigenvalue weighted by Gasteiger charge is 2.34. The molecule has 0 amide bonds. The van der Waals surface area contributed by atoms with Crippen molar-refractivity contribution in [1.29, 1.82) is 0 Å². The molecule has 6 nitrogen and oxygen atoms in total. The molecule has 36 heavy (non-hydrogen) atoms. The summed E-state index contributed by atoms with van der Waals surface area (Å²) in [6.07, 6.45) is 1.04. The fourth-order valence-corrected chi connectivity index (χ4v) is 4.79. The van der Waals surface area contributed by atoms with Crippen LogP contribution in [0.25, 0.3) is 0 Å². The number of halogens is 2. The minimum absolute atomic E-state index is 0.110. The second-order valence-electron chi connectivity index (χ2n) is 9.92. The van der Waals surface area contributed by atoms with Crippen LogP contribution in [0.3, 0.4) is 0 Å². The molecule has 0 spiro atoms. The number of benzene rings is 1. The minimum Gasteiger partial charge on any atom is -0.472 e. The Morgan fingerprint density at radius 1 is 1.11 bits per heavy atom. The molecule has 0 bridgehead atoms. The van der Waals surface area contributed by atoms with Crippen molar-refractivity contribution in [3.05, 3.63) is 89.4 Å². The summed E-state index contributed by atoms with van der Waals surface area (Å²) >= 11 is 0. The molecule has 0 saturated carbocycles. The first-order valence-electron chi connectivity index (χ1n) is 12.2. The lowest BCUT2D eigenvalue weighted by molar-refractivity contribution is 0.103. The first-order valence-corrected chi connectivity index (χ1v) is 12.2. The molecule has 0 radical (unpaired) electrons. The number of alkyl halides is 2. The van der Waals surface area contributed by atoms with Crippen molar-refractivity contribution in [2.45, 2.75) is 64.6 Å². The molecule has 1 aliphatic rings. The maximum absolute atomic E-state index is 12.6. The van der Waals surface area contributed by atoms with Crippen LogP contribution in [0, 0.1) is 0 Å². The summed E-state index contributed by atoms with van der Waals surface area (Å²) in [6.45, 7) is 12.7. The van der Waals surface area contributed by atoms with Gasteiger partial charge < -0.3 is 15.0 Å². The molecule has 1 fully saturated rings. The van der Waals surface area contributed by atoms with Crippen molar-refractivity contribution in [3.8, 4) is 5.88 Å². The number of rotatable bonds is 9. The zero-order chi connectivity index (χ0) is 25.7. The average molecular weight is 494 g/mol. The molecule has 4 rings (SSSR count). The molecule has 1 aromatic carbocycles. The van der Waals surface area contributed by atoms with Gasteiger partial charge >= 0.3 is 0 Å². The van der Waals surface area contributed by atoms with Crippen LogP contribution in [-0.4, -0.2) is 32.2 Å². The number of nitrogens with zero attached hydrogens (tertiary/aromatic N) is 4. The van der Waals surface area contributed by atoms with Gasteiger partial charge in [-0.25, -0.2) is 8.78 Å². The topological polar surface area (TPSA) is 63.2 Å². The van der Waals surface area contributed by atoms with Gasteiger partial charge in [0, 0.05) is 42.2 Å². The molecule has 3 aromatic rings. The number of piperidine rings is 1. The predicted molar refractivity (Wildman–Crippen MR) is 137 cm³/mol. The highest BCUT2D eigenvalue weighted by Crippen LogP contribution is 2.39. The Morgan fingerprint density at radius 3 is 2.44 bits per heavy atom. The number of aromatic nitrogens is 3. The van der Waals surface area contributed by atoms with Crippen LogP contribution in [-0.2, 0) is 13.2 Å². The van der Waals surface area contributed by atoms with E-state index < -0.39 is 6.43 Å². The van der Waals surface area contributed by atoms with E-state index in [-0.39, 0.29) is 17.8 Å². The number of pyridine rings is 1. The molecule has 2 aromatic heterocycles. The third-order valence-corrected chi connectivity index (χ3v) is 6.66. The third-order valence-electron chi connectivity index (χ3n) is 6.66. The zero-order valence-corrected chi connectivity index (χ0v) is 21.0. The van der Waals surface area contributed by atoms with E-state index >= 15 is 0 Å². The lowest BCUT2D eigenvalue weighted by Crippen LogP contribution is -2.48. The SMILES string of the molecule is C=C(C)N1CCC(c2ccc(CNc3ccc(OCc4ccc(C(F)F)nc4)nn3)cc2)CC1(C)C. The van der Waals surface area contributed by atoms with Gasteiger partial charge in [-0.15, -0.1) is 10.2 Å². The number of nitrogens with one attached hydrogen (secondary N) is 1. The standard InChI is InChI=1S/C28H33F2N5O/c1-19(2)35-14-13-23(15-28(35,3)4)22-8-5-20(6-9-22)16-32-25-11-12-26(34-33-25)36-18-21-7-10-24(27(29)30)31-17-21/h5-12,17,23,27H,1,13-16,18H2,2-4H3,(H,32,33). The Morgan fingerprint density at radius 2 is 1.86 bits per heavy atom. The summed E-state index contributed by atoms with van der Waals surface area (Å²) in [7, 11) is 0. The van der Waals surface area contributed by atoms with Crippen LogP contribution in [0.2, 0.25) is 0 Å².